The number of hydrogen-bond acceptors (Lipinski definition) is 6. The first-order valence-corrected chi connectivity index (χ1v) is 11.3. The second-order valence-electron chi connectivity index (χ2n) is 6.39. The predicted octanol–water partition coefficient (Wildman–Crippen LogP) is 2.01. The van der Waals surface area contributed by atoms with Crippen molar-refractivity contribution in [1.82, 2.24) is 4.57 Å². The van der Waals surface area contributed by atoms with Crippen molar-refractivity contribution in [2.75, 3.05) is 12.9 Å². The first-order valence-electron chi connectivity index (χ1n) is 8.61. The molecule has 7 nitrogen and oxygen atoms in total. The van der Waals surface area contributed by atoms with Gasteiger partial charge >= 0.3 is 0 Å². The van der Waals surface area contributed by atoms with E-state index in [2.05, 4.69) is 10.9 Å². The summed E-state index contributed by atoms with van der Waals surface area (Å²) in [5, 5.41) is 0. The number of aromatic nitrogens is 1. The lowest BCUT2D eigenvalue weighted by atomic mass is 10.2. The number of terminal acetylenes is 1. The number of carbonyl (C=O) groups excluding carboxylic acids is 1. The van der Waals surface area contributed by atoms with E-state index < -0.39 is 21.8 Å². The van der Waals surface area contributed by atoms with E-state index in [0.29, 0.717) is 26.5 Å². The number of fused-ring (bicyclic) bond motifs is 2. The van der Waals surface area contributed by atoms with Gasteiger partial charge in [-0.15, -0.1) is 6.42 Å². The molecule has 29 heavy (non-hydrogen) atoms. The van der Waals surface area contributed by atoms with Crippen molar-refractivity contribution in [1.29, 1.82) is 0 Å². The van der Waals surface area contributed by atoms with Gasteiger partial charge in [-0.25, -0.2) is 8.42 Å². The minimum Gasteiger partial charge on any atom is -0.485 e. The maximum absolute atomic E-state index is 12.7. The average Bonchev–Trinajstić information content (AvgIpc) is 3.03. The molecule has 1 aliphatic heterocycles. The van der Waals surface area contributed by atoms with Crippen molar-refractivity contribution in [3.8, 4) is 23.8 Å². The summed E-state index contributed by atoms with van der Waals surface area (Å²) < 4.78 is 37.3. The molecule has 9 heteroatoms. The quantitative estimate of drug-likeness (QED) is 0.596. The molecule has 2 aromatic carbocycles. The summed E-state index contributed by atoms with van der Waals surface area (Å²) in [6.45, 7) is 0.243. The van der Waals surface area contributed by atoms with E-state index in [1.165, 1.54) is 17.4 Å². The van der Waals surface area contributed by atoms with E-state index in [1.54, 1.807) is 34.9 Å². The van der Waals surface area contributed by atoms with Crippen LogP contribution >= 0.6 is 11.3 Å². The summed E-state index contributed by atoms with van der Waals surface area (Å²) in [4.78, 5) is 17.5. The van der Waals surface area contributed by atoms with Crippen molar-refractivity contribution in [2.45, 2.75) is 17.5 Å². The highest BCUT2D eigenvalue weighted by Crippen LogP contribution is 2.31. The van der Waals surface area contributed by atoms with Crippen LogP contribution in [0, 0.1) is 12.3 Å². The van der Waals surface area contributed by atoms with Gasteiger partial charge in [-0.2, -0.15) is 4.99 Å². The Morgan fingerprint density at radius 1 is 1.31 bits per heavy atom. The minimum atomic E-state index is -3.36. The highest BCUT2D eigenvalue weighted by atomic mass is 32.2. The van der Waals surface area contributed by atoms with Crippen LogP contribution in [0.25, 0.3) is 10.2 Å². The van der Waals surface area contributed by atoms with Gasteiger partial charge in [-0.1, -0.05) is 29.4 Å². The Hall–Kier alpha value is -3.09. The molecule has 1 aromatic heterocycles. The molecule has 1 unspecified atom stereocenters. The number of amides is 1. The first kappa shape index (κ1) is 19.2. The topological polar surface area (TPSA) is 87.0 Å². The van der Waals surface area contributed by atoms with E-state index in [9.17, 15) is 13.2 Å². The molecule has 0 saturated heterocycles. The molecule has 0 N–H and O–H groups in total. The Bertz CT molecular complexity index is 1330. The third kappa shape index (κ3) is 3.77. The monoisotopic (exact) mass is 428 g/mol. The molecular weight excluding hydrogens is 412 g/mol. The molecule has 0 saturated carbocycles. The summed E-state index contributed by atoms with van der Waals surface area (Å²) in [7, 11) is -3.36. The Morgan fingerprint density at radius 3 is 2.79 bits per heavy atom. The molecule has 148 valence electrons. The minimum absolute atomic E-state index is 0.0532. The SMILES string of the molecule is C#CCn1c(=NC(=O)C2COc3ccccc3O2)sc2cc(S(C)(=O)=O)ccc21. The normalized spacial score (nSPS) is 16.6. The van der Waals surface area contributed by atoms with E-state index in [4.69, 9.17) is 15.9 Å². The highest BCUT2D eigenvalue weighted by Gasteiger charge is 2.27. The van der Waals surface area contributed by atoms with Crippen molar-refractivity contribution < 1.29 is 22.7 Å². The summed E-state index contributed by atoms with van der Waals surface area (Å²) in [6, 6.07) is 11.8. The largest absolute Gasteiger partial charge is 0.485 e. The van der Waals surface area contributed by atoms with Gasteiger partial charge in [0.05, 0.1) is 21.7 Å². The average molecular weight is 428 g/mol. The Morgan fingerprint density at radius 2 is 2.07 bits per heavy atom. The van der Waals surface area contributed by atoms with Crippen molar-refractivity contribution in [3.05, 3.63) is 47.3 Å². The number of hydrogen-bond donors (Lipinski definition) is 0. The molecule has 3 aromatic rings. The number of carbonyl (C=O) groups is 1. The molecule has 1 atom stereocenters. The maximum Gasteiger partial charge on any atom is 0.292 e. The second-order valence-corrected chi connectivity index (χ2v) is 9.42. The standard InChI is InChI=1S/C20H16N2O5S2/c1-3-10-22-14-9-8-13(29(2,24)25)11-18(14)28-20(22)21-19(23)17-12-26-15-6-4-5-7-16(15)27-17/h1,4-9,11,17H,10,12H2,2H3. The lowest BCUT2D eigenvalue weighted by molar-refractivity contribution is -0.127. The van der Waals surface area contributed by atoms with Gasteiger partial charge in [0.1, 0.15) is 6.61 Å². The van der Waals surface area contributed by atoms with Gasteiger partial charge in [-0.05, 0) is 30.3 Å². The van der Waals surface area contributed by atoms with Gasteiger partial charge in [0.15, 0.2) is 26.1 Å². The van der Waals surface area contributed by atoms with Gasteiger partial charge in [0, 0.05) is 6.26 Å². The molecule has 0 spiro atoms. The molecule has 0 radical (unpaired) electrons. The summed E-state index contributed by atoms with van der Waals surface area (Å²) in [6.07, 6.45) is 5.74. The fraction of sp³-hybridized carbons (Fsp3) is 0.200. The first-order chi connectivity index (χ1) is 13.9. The fourth-order valence-electron chi connectivity index (χ4n) is 2.92. The molecule has 0 fully saturated rings. The molecule has 0 aliphatic carbocycles. The fourth-order valence-corrected chi connectivity index (χ4v) is 4.72. The van der Waals surface area contributed by atoms with Gasteiger partial charge < -0.3 is 14.0 Å². The van der Waals surface area contributed by atoms with Gasteiger partial charge in [0.25, 0.3) is 5.91 Å². The Balaban J connectivity index is 1.74. The van der Waals surface area contributed by atoms with Crippen LogP contribution in [0.4, 0.5) is 0 Å². The Labute approximate surface area is 171 Å². The summed E-state index contributed by atoms with van der Waals surface area (Å²) >= 11 is 1.19. The maximum atomic E-state index is 12.7. The number of rotatable bonds is 3. The van der Waals surface area contributed by atoms with Crippen LogP contribution in [0.2, 0.25) is 0 Å². The molecule has 1 amide bonds. The van der Waals surface area contributed by atoms with Crippen molar-refractivity contribution in [3.63, 3.8) is 0 Å². The van der Waals surface area contributed by atoms with E-state index >= 15 is 0 Å². The number of para-hydroxylation sites is 2. The molecule has 2 heterocycles. The van der Waals surface area contributed by atoms with Crippen LogP contribution in [0.1, 0.15) is 0 Å². The van der Waals surface area contributed by atoms with Gasteiger partial charge in [-0.3, -0.25) is 4.79 Å². The number of thiazole rings is 1. The predicted molar refractivity (Wildman–Crippen MR) is 109 cm³/mol. The van der Waals surface area contributed by atoms with Crippen LogP contribution < -0.4 is 14.3 Å². The van der Waals surface area contributed by atoms with Crippen molar-refractivity contribution >= 4 is 37.3 Å². The number of sulfone groups is 1. The zero-order valence-electron chi connectivity index (χ0n) is 15.4. The van der Waals surface area contributed by atoms with Crippen LogP contribution in [0.5, 0.6) is 11.5 Å². The second kappa shape index (κ2) is 7.39. The zero-order chi connectivity index (χ0) is 20.6. The van der Waals surface area contributed by atoms with E-state index in [0.717, 1.165) is 6.26 Å². The van der Waals surface area contributed by atoms with Crippen LogP contribution in [-0.2, 0) is 21.2 Å². The number of nitrogens with zero attached hydrogens (tertiary/aromatic N) is 2. The lowest BCUT2D eigenvalue weighted by Gasteiger charge is -2.23. The summed E-state index contributed by atoms with van der Waals surface area (Å²) in [5.74, 6) is 3.10. The zero-order valence-corrected chi connectivity index (χ0v) is 17.0. The van der Waals surface area contributed by atoms with E-state index in [1.807, 2.05) is 6.07 Å². The molecule has 4 rings (SSSR count). The van der Waals surface area contributed by atoms with Crippen LogP contribution in [0.3, 0.4) is 0 Å². The summed E-state index contributed by atoms with van der Waals surface area (Å²) in [5.41, 5.74) is 0.707. The Kier molecular flexibility index (Phi) is 4.90. The molecule has 0 bridgehead atoms. The lowest BCUT2D eigenvalue weighted by Crippen LogP contribution is -2.36. The highest BCUT2D eigenvalue weighted by molar-refractivity contribution is 7.90. The smallest absolute Gasteiger partial charge is 0.292 e. The number of ether oxygens (including phenoxy) is 2. The van der Waals surface area contributed by atoms with Gasteiger partial charge in [0.2, 0.25) is 6.10 Å². The van der Waals surface area contributed by atoms with Crippen LogP contribution in [0.15, 0.2) is 52.4 Å². The third-order valence-electron chi connectivity index (χ3n) is 4.32. The molecular formula is C20H16N2O5S2. The van der Waals surface area contributed by atoms with E-state index in [-0.39, 0.29) is 18.0 Å². The van der Waals surface area contributed by atoms with Crippen LogP contribution in [-0.4, -0.2) is 37.9 Å². The number of benzene rings is 2. The van der Waals surface area contributed by atoms with Crippen molar-refractivity contribution in [2.24, 2.45) is 4.99 Å². The third-order valence-corrected chi connectivity index (χ3v) is 6.47. The molecule has 1 aliphatic rings.